The van der Waals surface area contributed by atoms with E-state index in [0.717, 1.165) is 31.6 Å². The Morgan fingerprint density at radius 1 is 1.10 bits per heavy atom. The molecule has 2 aliphatic carbocycles. The second-order valence-corrected chi connectivity index (χ2v) is 6.29. The molecule has 2 N–H and O–H groups in total. The molecule has 0 aromatic rings. The predicted molar refractivity (Wildman–Crippen MR) is 76.5 cm³/mol. The lowest BCUT2D eigenvalue weighted by Crippen LogP contribution is -2.48. The molecule has 0 aromatic heterocycles. The van der Waals surface area contributed by atoms with Crippen LogP contribution in [0.2, 0.25) is 0 Å². The minimum Gasteiger partial charge on any atom is -0.480 e. The van der Waals surface area contributed by atoms with Crippen molar-refractivity contribution in [1.82, 2.24) is 10.2 Å². The molecule has 0 heterocycles. The fourth-order valence-corrected chi connectivity index (χ4v) is 2.98. The second kappa shape index (κ2) is 6.95. The van der Waals surface area contributed by atoms with Gasteiger partial charge in [-0.15, -0.1) is 0 Å². The summed E-state index contributed by atoms with van der Waals surface area (Å²) in [5, 5.41) is 11.9. The van der Waals surface area contributed by atoms with E-state index in [4.69, 9.17) is 5.11 Å². The molecule has 2 fully saturated rings. The minimum atomic E-state index is -0.935. The van der Waals surface area contributed by atoms with Crippen LogP contribution in [0.1, 0.15) is 51.9 Å². The highest BCUT2D eigenvalue weighted by molar-refractivity contribution is 5.80. The van der Waals surface area contributed by atoms with Crippen LogP contribution in [0.4, 0.5) is 4.79 Å². The number of amides is 2. The quantitative estimate of drug-likeness (QED) is 0.786. The summed E-state index contributed by atoms with van der Waals surface area (Å²) in [7, 11) is 0. The highest BCUT2D eigenvalue weighted by Gasteiger charge is 2.29. The van der Waals surface area contributed by atoms with E-state index >= 15 is 0 Å². The van der Waals surface area contributed by atoms with Gasteiger partial charge in [0.1, 0.15) is 6.54 Å². The first-order valence-electron chi connectivity index (χ1n) is 7.85. The predicted octanol–water partition coefficient (Wildman–Crippen LogP) is 2.46. The van der Waals surface area contributed by atoms with Crippen molar-refractivity contribution in [2.45, 2.75) is 57.9 Å². The smallest absolute Gasteiger partial charge is 0.323 e. The van der Waals surface area contributed by atoms with E-state index in [0.29, 0.717) is 12.5 Å². The van der Waals surface area contributed by atoms with Crippen LogP contribution in [0.25, 0.3) is 0 Å². The van der Waals surface area contributed by atoms with Crippen LogP contribution in [0.3, 0.4) is 0 Å². The Bertz CT molecular complexity index is 347. The largest absolute Gasteiger partial charge is 0.480 e. The number of hydrogen-bond acceptors (Lipinski definition) is 2. The summed E-state index contributed by atoms with van der Waals surface area (Å²) >= 11 is 0. The van der Waals surface area contributed by atoms with E-state index in [-0.39, 0.29) is 18.6 Å². The SMILES string of the molecule is CCC1CCC(NC(=O)N(CC(=O)O)CC2CC2)CC1. The van der Waals surface area contributed by atoms with Crippen molar-refractivity contribution in [2.75, 3.05) is 13.1 Å². The van der Waals surface area contributed by atoms with Gasteiger partial charge in [-0.05, 0) is 50.4 Å². The molecule has 0 spiro atoms. The number of carbonyl (C=O) groups is 2. The molecule has 0 aromatic carbocycles. The average Bonchev–Trinajstić information content (AvgIpc) is 3.22. The van der Waals surface area contributed by atoms with Gasteiger partial charge in [-0.2, -0.15) is 0 Å². The molecule has 5 heteroatoms. The maximum Gasteiger partial charge on any atom is 0.323 e. The Balaban J connectivity index is 1.79. The third-order valence-corrected chi connectivity index (χ3v) is 4.54. The van der Waals surface area contributed by atoms with E-state index in [1.165, 1.54) is 24.2 Å². The standard InChI is InChI=1S/C15H26N2O3/c1-2-11-5-7-13(8-6-11)16-15(20)17(10-14(18)19)9-12-3-4-12/h11-13H,2-10H2,1H3,(H,16,20)(H,18,19). The molecule has 20 heavy (non-hydrogen) atoms. The summed E-state index contributed by atoms with van der Waals surface area (Å²) in [6.07, 6.45) is 7.83. The van der Waals surface area contributed by atoms with Gasteiger partial charge < -0.3 is 15.3 Å². The minimum absolute atomic E-state index is 0.188. The molecule has 0 bridgehead atoms. The van der Waals surface area contributed by atoms with Crippen molar-refractivity contribution in [1.29, 1.82) is 0 Å². The van der Waals surface area contributed by atoms with Crippen LogP contribution in [0.15, 0.2) is 0 Å². The molecule has 114 valence electrons. The van der Waals surface area contributed by atoms with Crippen LogP contribution in [0.5, 0.6) is 0 Å². The van der Waals surface area contributed by atoms with Crippen LogP contribution in [-0.4, -0.2) is 41.1 Å². The monoisotopic (exact) mass is 282 g/mol. The molecule has 2 aliphatic rings. The summed E-state index contributed by atoms with van der Waals surface area (Å²) in [4.78, 5) is 24.5. The molecule has 0 atom stereocenters. The molecule has 2 saturated carbocycles. The van der Waals surface area contributed by atoms with Crippen LogP contribution < -0.4 is 5.32 Å². The van der Waals surface area contributed by atoms with E-state index in [9.17, 15) is 9.59 Å². The van der Waals surface area contributed by atoms with Gasteiger partial charge in [0.05, 0.1) is 0 Å². The molecule has 0 saturated heterocycles. The number of hydrogen-bond donors (Lipinski definition) is 2. The normalized spacial score (nSPS) is 26.1. The lowest BCUT2D eigenvalue weighted by atomic mass is 9.84. The maximum atomic E-state index is 12.2. The van der Waals surface area contributed by atoms with Gasteiger partial charge in [-0.25, -0.2) is 4.79 Å². The lowest BCUT2D eigenvalue weighted by Gasteiger charge is -2.30. The Morgan fingerprint density at radius 2 is 1.70 bits per heavy atom. The fourth-order valence-electron chi connectivity index (χ4n) is 2.98. The van der Waals surface area contributed by atoms with E-state index in [1.54, 1.807) is 0 Å². The van der Waals surface area contributed by atoms with Gasteiger partial charge in [-0.1, -0.05) is 13.3 Å². The van der Waals surface area contributed by atoms with Gasteiger partial charge in [0.2, 0.25) is 0 Å². The van der Waals surface area contributed by atoms with Gasteiger partial charge >= 0.3 is 12.0 Å². The first-order chi connectivity index (χ1) is 9.58. The lowest BCUT2D eigenvalue weighted by molar-refractivity contribution is -0.137. The number of rotatable bonds is 6. The summed E-state index contributed by atoms with van der Waals surface area (Å²) in [5.41, 5.74) is 0. The third kappa shape index (κ3) is 4.69. The first kappa shape index (κ1) is 15.1. The van der Waals surface area contributed by atoms with Gasteiger partial charge in [-0.3, -0.25) is 4.79 Å². The number of carboxylic acid groups (broad SMARTS) is 1. The molecule has 5 nitrogen and oxygen atoms in total. The molecular formula is C15H26N2O3. The first-order valence-corrected chi connectivity index (χ1v) is 7.85. The summed E-state index contributed by atoms with van der Waals surface area (Å²) < 4.78 is 0. The summed E-state index contributed by atoms with van der Waals surface area (Å²) in [5.74, 6) is 0.371. The number of urea groups is 1. The highest BCUT2D eigenvalue weighted by atomic mass is 16.4. The van der Waals surface area contributed by atoms with E-state index in [2.05, 4.69) is 12.2 Å². The number of nitrogens with one attached hydrogen (secondary N) is 1. The Kier molecular flexibility index (Phi) is 5.26. The summed E-state index contributed by atoms with van der Waals surface area (Å²) in [6, 6.07) is 0.0278. The number of nitrogens with zero attached hydrogens (tertiary/aromatic N) is 1. The number of aliphatic carboxylic acids is 1. The van der Waals surface area contributed by atoms with Gasteiger partial charge in [0, 0.05) is 12.6 Å². The average molecular weight is 282 g/mol. The van der Waals surface area contributed by atoms with Crippen molar-refractivity contribution < 1.29 is 14.7 Å². The highest BCUT2D eigenvalue weighted by Crippen LogP contribution is 2.30. The zero-order chi connectivity index (χ0) is 14.5. The van der Waals surface area contributed by atoms with Gasteiger partial charge in [0.25, 0.3) is 0 Å². The van der Waals surface area contributed by atoms with Crippen molar-refractivity contribution in [3.8, 4) is 0 Å². The molecule has 0 radical (unpaired) electrons. The Labute approximate surface area is 120 Å². The molecule has 0 unspecified atom stereocenters. The number of carboxylic acids is 1. The van der Waals surface area contributed by atoms with E-state index in [1.807, 2.05) is 0 Å². The van der Waals surface area contributed by atoms with Crippen LogP contribution in [0, 0.1) is 11.8 Å². The van der Waals surface area contributed by atoms with E-state index < -0.39 is 5.97 Å². The number of carbonyl (C=O) groups excluding carboxylic acids is 1. The van der Waals surface area contributed by atoms with Crippen LogP contribution in [-0.2, 0) is 4.79 Å². The topological polar surface area (TPSA) is 69.6 Å². The van der Waals surface area contributed by atoms with Crippen molar-refractivity contribution in [3.05, 3.63) is 0 Å². The zero-order valence-electron chi connectivity index (χ0n) is 12.3. The molecule has 2 rings (SSSR count). The zero-order valence-corrected chi connectivity index (χ0v) is 12.3. The summed E-state index contributed by atoms with van der Waals surface area (Å²) in [6.45, 7) is 2.61. The molecular weight excluding hydrogens is 256 g/mol. The second-order valence-electron chi connectivity index (χ2n) is 6.29. The molecule has 2 amide bonds. The van der Waals surface area contributed by atoms with Crippen LogP contribution >= 0.6 is 0 Å². The van der Waals surface area contributed by atoms with Crippen molar-refractivity contribution >= 4 is 12.0 Å². The maximum absolute atomic E-state index is 12.2. The third-order valence-electron chi connectivity index (χ3n) is 4.54. The van der Waals surface area contributed by atoms with Gasteiger partial charge in [0.15, 0.2) is 0 Å². The fraction of sp³-hybridized carbons (Fsp3) is 0.867. The molecule has 0 aliphatic heterocycles. The van der Waals surface area contributed by atoms with Crippen molar-refractivity contribution in [3.63, 3.8) is 0 Å². The Morgan fingerprint density at radius 3 is 2.20 bits per heavy atom. The Hall–Kier alpha value is -1.26. The van der Waals surface area contributed by atoms with Crippen molar-refractivity contribution in [2.24, 2.45) is 11.8 Å².